The Morgan fingerprint density at radius 3 is 1.79 bits per heavy atom. The van der Waals surface area contributed by atoms with Crippen LogP contribution in [0.15, 0.2) is 109 Å². The fourth-order valence-electron chi connectivity index (χ4n) is 3.59. The van der Waals surface area contributed by atoms with E-state index in [0.29, 0.717) is 0 Å². The van der Waals surface area contributed by atoms with Crippen LogP contribution in [-0.2, 0) is 0 Å². The second-order valence-corrected chi connectivity index (χ2v) is 6.88. The lowest BCUT2D eigenvalue weighted by Gasteiger charge is -2.32. The molecule has 0 bridgehead atoms. The summed E-state index contributed by atoms with van der Waals surface area (Å²) >= 11 is 0. The monoisotopic (exact) mass is 381 g/mol. The van der Waals surface area contributed by atoms with Crippen molar-refractivity contribution in [2.45, 2.75) is 18.1 Å². The molecular formula is C25H23N3O. The number of aliphatic hydroxyl groups is 1. The van der Waals surface area contributed by atoms with Gasteiger partial charge >= 0.3 is 0 Å². The molecule has 2 aromatic carbocycles. The predicted octanol–water partition coefficient (Wildman–Crippen LogP) is 5.15. The first-order chi connectivity index (χ1) is 14.3. The summed E-state index contributed by atoms with van der Waals surface area (Å²) in [6.45, 7) is 0. The van der Waals surface area contributed by atoms with Crippen LogP contribution in [0, 0.1) is 0 Å². The minimum Gasteiger partial charge on any atom is -0.388 e. The van der Waals surface area contributed by atoms with Crippen molar-refractivity contribution < 1.29 is 5.11 Å². The normalized spacial score (nSPS) is 14.0. The number of benzene rings is 2. The summed E-state index contributed by atoms with van der Waals surface area (Å²) in [4.78, 5) is 9.03. The van der Waals surface area contributed by atoms with E-state index < -0.39 is 6.10 Å². The molecule has 0 fully saturated rings. The van der Waals surface area contributed by atoms with Gasteiger partial charge in [0, 0.05) is 18.1 Å². The van der Waals surface area contributed by atoms with Gasteiger partial charge in [-0.1, -0.05) is 72.8 Å². The largest absolute Gasteiger partial charge is 0.388 e. The number of hydrogen-bond acceptors (Lipinski definition) is 4. The molecule has 0 spiro atoms. The average Bonchev–Trinajstić information content (AvgIpc) is 2.81. The highest BCUT2D eigenvalue weighted by atomic mass is 16.3. The Morgan fingerprint density at radius 2 is 1.21 bits per heavy atom. The van der Waals surface area contributed by atoms with Crippen molar-refractivity contribution in [1.82, 2.24) is 9.97 Å². The fraction of sp³-hybridized carbons (Fsp3) is 0.120. The van der Waals surface area contributed by atoms with Crippen molar-refractivity contribution in [1.29, 1.82) is 0 Å². The third-order valence-electron chi connectivity index (χ3n) is 5.00. The molecule has 0 saturated heterocycles. The molecule has 4 nitrogen and oxygen atoms in total. The van der Waals surface area contributed by atoms with E-state index in [4.69, 9.17) is 0 Å². The Balaban J connectivity index is 1.81. The summed E-state index contributed by atoms with van der Waals surface area (Å²) in [5, 5.41) is 15.0. The van der Waals surface area contributed by atoms with E-state index in [2.05, 4.69) is 27.4 Å². The zero-order valence-electron chi connectivity index (χ0n) is 16.0. The van der Waals surface area contributed by atoms with Crippen LogP contribution >= 0.6 is 0 Å². The van der Waals surface area contributed by atoms with Gasteiger partial charge in [-0.3, -0.25) is 4.98 Å². The molecule has 0 aliphatic rings. The van der Waals surface area contributed by atoms with Crippen LogP contribution in [0.5, 0.6) is 0 Å². The second kappa shape index (κ2) is 9.13. The SMILES string of the molecule is O[C@H](c1ccccc1)C(c1ccccn1)[C@H](Nc1ccccn1)c1ccccc1. The molecule has 0 amide bonds. The molecule has 1 unspecified atom stereocenters. The van der Waals surface area contributed by atoms with E-state index in [-0.39, 0.29) is 12.0 Å². The predicted molar refractivity (Wildman–Crippen MR) is 115 cm³/mol. The first-order valence-electron chi connectivity index (χ1n) is 9.69. The number of anilines is 1. The van der Waals surface area contributed by atoms with Crippen LogP contribution in [0.4, 0.5) is 5.82 Å². The van der Waals surface area contributed by atoms with E-state index in [9.17, 15) is 5.11 Å². The highest BCUT2D eigenvalue weighted by Crippen LogP contribution is 2.41. The minimum atomic E-state index is -0.743. The summed E-state index contributed by atoms with van der Waals surface area (Å²) in [5.74, 6) is 0.436. The lowest BCUT2D eigenvalue weighted by atomic mass is 9.82. The molecule has 2 N–H and O–H groups in total. The van der Waals surface area contributed by atoms with E-state index in [0.717, 1.165) is 22.6 Å². The van der Waals surface area contributed by atoms with Gasteiger partial charge in [-0.15, -0.1) is 0 Å². The summed E-state index contributed by atoms with van der Waals surface area (Å²) in [6.07, 6.45) is 2.78. The molecule has 29 heavy (non-hydrogen) atoms. The number of aliphatic hydroxyl groups excluding tert-OH is 1. The van der Waals surface area contributed by atoms with Gasteiger partial charge in [-0.05, 0) is 35.4 Å². The lowest BCUT2D eigenvalue weighted by molar-refractivity contribution is 0.133. The van der Waals surface area contributed by atoms with Gasteiger partial charge in [-0.2, -0.15) is 0 Å². The third-order valence-corrected chi connectivity index (χ3v) is 5.00. The van der Waals surface area contributed by atoms with Crippen molar-refractivity contribution in [3.8, 4) is 0 Å². The Kier molecular flexibility index (Phi) is 5.93. The van der Waals surface area contributed by atoms with E-state index >= 15 is 0 Å². The molecule has 0 radical (unpaired) electrons. The van der Waals surface area contributed by atoms with Gasteiger partial charge in [0.1, 0.15) is 5.82 Å². The standard InChI is InChI=1S/C25H23N3O/c29-25(20-13-5-2-6-14-20)23(21-15-7-9-17-26-21)24(19-11-3-1-4-12-19)28-22-16-8-10-18-27-22/h1-18,23-25,29H,(H,27,28)/t23?,24-,25-/m1/s1. The quantitative estimate of drug-likeness (QED) is 0.465. The number of nitrogens with zero attached hydrogens (tertiary/aromatic N) is 2. The molecule has 0 aliphatic heterocycles. The topological polar surface area (TPSA) is 58.0 Å². The Hall–Kier alpha value is -3.50. The number of rotatable bonds is 7. The molecule has 3 atom stereocenters. The summed E-state index contributed by atoms with van der Waals surface area (Å²) in [7, 11) is 0. The highest BCUT2D eigenvalue weighted by molar-refractivity contribution is 5.41. The van der Waals surface area contributed by atoms with Gasteiger partial charge in [-0.25, -0.2) is 4.98 Å². The molecule has 4 rings (SSSR count). The molecule has 2 aromatic heterocycles. The fourth-order valence-corrected chi connectivity index (χ4v) is 3.59. The number of aromatic nitrogens is 2. The van der Waals surface area contributed by atoms with Gasteiger partial charge in [0.2, 0.25) is 0 Å². The van der Waals surface area contributed by atoms with Crippen molar-refractivity contribution >= 4 is 5.82 Å². The van der Waals surface area contributed by atoms with Crippen molar-refractivity contribution in [2.24, 2.45) is 0 Å². The smallest absolute Gasteiger partial charge is 0.126 e. The number of nitrogens with one attached hydrogen (secondary N) is 1. The van der Waals surface area contributed by atoms with Crippen LogP contribution in [0.3, 0.4) is 0 Å². The summed E-state index contributed by atoms with van der Waals surface area (Å²) < 4.78 is 0. The highest BCUT2D eigenvalue weighted by Gasteiger charge is 2.33. The molecule has 4 heteroatoms. The van der Waals surface area contributed by atoms with Crippen LogP contribution < -0.4 is 5.32 Å². The first kappa shape index (κ1) is 18.8. The van der Waals surface area contributed by atoms with Crippen molar-refractivity contribution in [2.75, 3.05) is 5.32 Å². The number of pyridine rings is 2. The Labute approximate surface area is 170 Å². The second-order valence-electron chi connectivity index (χ2n) is 6.88. The average molecular weight is 381 g/mol. The maximum absolute atomic E-state index is 11.4. The molecule has 144 valence electrons. The summed E-state index contributed by atoms with van der Waals surface area (Å²) in [5.41, 5.74) is 2.73. The van der Waals surface area contributed by atoms with Gasteiger partial charge in [0.25, 0.3) is 0 Å². The van der Waals surface area contributed by atoms with Crippen molar-refractivity contribution in [3.63, 3.8) is 0 Å². The Bertz CT molecular complexity index is 995. The van der Waals surface area contributed by atoms with Gasteiger partial charge < -0.3 is 10.4 Å². The van der Waals surface area contributed by atoms with Gasteiger partial charge in [0.05, 0.1) is 18.1 Å². The molecule has 4 aromatic rings. The van der Waals surface area contributed by atoms with Crippen LogP contribution in [0.25, 0.3) is 0 Å². The molecule has 2 heterocycles. The maximum Gasteiger partial charge on any atom is 0.126 e. The molecule has 0 aliphatic carbocycles. The van der Waals surface area contributed by atoms with Crippen LogP contribution in [-0.4, -0.2) is 15.1 Å². The first-order valence-corrected chi connectivity index (χ1v) is 9.69. The zero-order chi connectivity index (χ0) is 19.9. The minimum absolute atomic E-state index is 0.226. The van der Waals surface area contributed by atoms with Crippen LogP contribution in [0.1, 0.15) is 34.9 Å². The maximum atomic E-state index is 11.4. The van der Waals surface area contributed by atoms with E-state index in [1.54, 1.807) is 12.4 Å². The van der Waals surface area contributed by atoms with Gasteiger partial charge in [0.15, 0.2) is 0 Å². The van der Waals surface area contributed by atoms with Crippen LogP contribution in [0.2, 0.25) is 0 Å². The Morgan fingerprint density at radius 1 is 0.621 bits per heavy atom. The van der Waals surface area contributed by atoms with E-state index in [1.165, 1.54) is 0 Å². The molecule has 0 saturated carbocycles. The lowest BCUT2D eigenvalue weighted by Crippen LogP contribution is -2.26. The van der Waals surface area contributed by atoms with Crippen molar-refractivity contribution in [3.05, 3.63) is 126 Å². The zero-order valence-corrected chi connectivity index (χ0v) is 16.0. The summed E-state index contributed by atoms with van der Waals surface area (Å²) in [6, 6.07) is 31.2. The molecular weight excluding hydrogens is 358 g/mol. The van der Waals surface area contributed by atoms with E-state index in [1.807, 2.05) is 84.9 Å². The third kappa shape index (κ3) is 4.50. The number of hydrogen-bond donors (Lipinski definition) is 2.